The standard InChI is InChI=1S/C10H7ClO4.C10H16N2/c11-7-1-3-8(4-2-7)15-10(14)6-5-9(12)13;1-12(2)9-5-7-10-6-3-4-8-11-10/h1-6H,(H,12,13);3-4,6,8H,5,7,9H2,1-2H3/b6-5+;. The minimum atomic E-state index is -1.21. The number of rotatable bonds is 7. The zero-order valence-corrected chi connectivity index (χ0v) is 16.1. The predicted molar refractivity (Wildman–Crippen MR) is 105 cm³/mol. The summed E-state index contributed by atoms with van der Waals surface area (Å²) < 4.78 is 4.77. The molecule has 0 amide bonds. The molecule has 0 fully saturated rings. The lowest BCUT2D eigenvalue weighted by atomic mass is 10.2. The molecule has 0 aliphatic heterocycles. The van der Waals surface area contributed by atoms with Gasteiger partial charge in [-0.2, -0.15) is 0 Å². The summed E-state index contributed by atoms with van der Waals surface area (Å²) in [4.78, 5) is 27.5. The normalized spacial score (nSPS) is 10.4. The van der Waals surface area contributed by atoms with Crippen molar-refractivity contribution in [3.63, 3.8) is 0 Å². The lowest BCUT2D eigenvalue weighted by Crippen LogP contribution is -2.13. The van der Waals surface area contributed by atoms with Crippen molar-refractivity contribution >= 4 is 23.5 Å². The molecule has 0 atom stereocenters. The molecule has 0 radical (unpaired) electrons. The molecule has 0 aliphatic rings. The Hall–Kier alpha value is -2.70. The maximum Gasteiger partial charge on any atom is 0.336 e. The maximum absolute atomic E-state index is 11.0. The minimum Gasteiger partial charge on any atom is -0.478 e. The summed E-state index contributed by atoms with van der Waals surface area (Å²) in [6.45, 7) is 1.14. The van der Waals surface area contributed by atoms with Gasteiger partial charge in [0.1, 0.15) is 5.75 Å². The molecule has 0 aliphatic carbocycles. The van der Waals surface area contributed by atoms with Gasteiger partial charge < -0.3 is 14.7 Å². The number of carbonyl (C=O) groups is 2. The first kappa shape index (κ1) is 22.3. The summed E-state index contributed by atoms with van der Waals surface area (Å²) >= 11 is 5.62. The monoisotopic (exact) mass is 390 g/mol. The van der Waals surface area contributed by atoms with Gasteiger partial charge in [-0.25, -0.2) is 9.59 Å². The van der Waals surface area contributed by atoms with Crippen LogP contribution in [-0.2, 0) is 16.0 Å². The molecule has 1 aromatic carbocycles. The van der Waals surface area contributed by atoms with Crippen molar-refractivity contribution in [3.8, 4) is 5.75 Å². The summed E-state index contributed by atoms with van der Waals surface area (Å²) in [5.41, 5.74) is 1.19. The molecule has 144 valence electrons. The molecule has 27 heavy (non-hydrogen) atoms. The highest BCUT2D eigenvalue weighted by molar-refractivity contribution is 6.30. The summed E-state index contributed by atoms with van der Waals surface area (Å²) in [6.07, 6.45) is 5.66. The Bertz CT molecular complexity index is 731. The number of pyridine rings is 1. The highest BCUT2D eigenvalue weighted by Crippen LogP contribution is 2.15. The van der Waals surface area contributed by atoms with E-state index in [9.17, 15) is 9.59 Å². The molecule has 0 saturated carbocycles. The van der Waals surface area contributed by atoms with Crippen LogP contribution in [0.5, 0.6) is 5.75 Å². The first-order valence-corrected chi connectivity index (χ1v) is 8.67. The number of aliphatic carboxylic acids is 1. The number of carboxylic acids is 1. The minimum absolute atomic E-state index is 0.305. The molecule has 6 nitrogen and oxygen atoms in total. The van der Waals surface area contributed by atoms with Crippen LogP contribution in [0.1, 0.15) is 12.1 Å². The number of esters is 1. The molecule has 1 heterocycles. The lowest BCUT2D eigenvalue weighted by molar-refractivity contribution is -0.133. The number of carboxylic acid groups (broad SMARTS) is 1. The van der Waals surface area contributed by atoms with Gasteiger partial charge >= 0.3 is 11.9 Å². The third-order valence-electron chi connectivity index (χ3n) is 3.16. The van der Waals surface area contributed by atoms with Crippen LogP contribution in [0.25, 0.3) is 0 Å². The number of carbonyl (C=O) groups excluding carboxylic acids is 1. The van der Waals surface area contributed by atoms with Crippen molar-refractivity contribution < 1.29 is 19.4 Å². The number of ether oxygens (including phenoxy) is 1. The van der Waals surface area contributed by atoms with Gasteiger partial charge in [0.05, 0.1) is 0 Å². The highest BCUT2D eigenvalue weighted by atomic mass is 35.5. The van der Waals surface area contributed by atoms with Gasteiger partial charge in [-0.3, -0.25) is 4.98 Å². The number of hydrogen-bond donors (Lipinski definition) is 1. The third-order valence-corrected chi connectivity index (χ3v) is 3.41. The second kappa shape index (κ2) is 12.6. The average molecular weight is 391 g/mol. The number of halogens is 1. The van der Waals surface area contributed by atoms with Crippen LogP contribution in [0.15, 0.2) is 60.8 Å². The number of nitrogens with zero attached hydrogens (tertiary/aromatic N) is 2. The second-order valence-electron chi connectivity index (χ2n) is 5.77. The first-order chi connectivity index (χ1) is 12.9. The Labute approximate surface area is 164 Å². The van der Waals surface area contributed by atoms with Crippen molar-refractivity contribution in [1.82, 2.24) is 9.88 Å². The largest absolute Gasteiger partial charge is 0.478 e. The summed E-state index contributed by atoms with van der Waals surface area (Å²) in [7, 11) is 4.19. The van der Waals surface area contributed by atoms with E-state index in [1.54, 1.807) is 12.1 Å². The van der Waals surface area contributed by atoms with Crippen LogP contribution in [0.4, 0.5) is 0 Å². The van der Waals surface area contributed by atoms with Crippen LogP contribution in [0.2, 0.25) is 5.02 Å². The van der Waals surface area contributed by atoms with E-state index in [1.165, 1.54) is 24.2 Å². The highest BCUT2D eigenvalue weighted by Gasteiger charge is 2.00. The van der Waals surface area contributed by atoms with Gasteiger partial charge in [0.25, 0.3) is 0 Å². The summed E-state index contributed by atoms with van der Waals surface area (Å²) in [6, 6.07) is 12.2. The van der Waals surface area contributed by atoms with E-state index in [2.05, 4.69) is 30.0 Å². The molecule has 0 spiro atoms. The fourth-order valence-electron chi connectivity index (χ4n) is 1.91. The van der Waals surface area contributed by atoms with Gasteiger partial charge in [-0.1, -0.05) is 17.7 Å². The van der Waals surface area contributed by atoms with Crippen LogP contribution >= 0.6 is 11.6 Å². The molecular weight excluding hydrogens is 368 g/mol. The topological polar surface area (TPSA) is 79.7 Å². The van der Waals surface area contributed by atoms with E-state index in [0.717, 1.165) is 19.0 Å². The molecule has 0 unspecified atom stereocenters. The fourth-order valence-corrected chi connectivity index (χ4v) is 2.04. The quantitative estimate of drug-likeness (QED) is 0.443. The fraction of sp³-hybridized carbons (Fsp3) is 0.250. The Morgan fingerprint density at radius 1 is 1.15 bits per heavy atom. The van der Waals surface area contributed by atoms with Crippen LogP contribution in [0, 0.1) is 0 Å². The number of benzene rings is 1. The van der Waals surface area contributed by atoms with Gasteiger partial charge in [0, 0.05) is 29.1 Å². The molecule has 1 aromatic heterocycles. The summed E-state index contributed by atoms with van der Waals surface area (Å²) in [5, 5.41) is 8.78. The number of hydrogen-bond acceptors (Lipinski definition) is 5. The average Bonchev–Trinajstić information content (AvgIpc) is 2.63. The second-order valence-corrected chi connectivity index (χ2v) is 6.21. The van der Waals surface area contributed by atoms with Crippen molar-refractivity contribution in [1.29, 1.82) is 0 Å². The Balaban J connectivity index is 0.000000277. The zero-order chi connectivity index (χ0) is 20.1. The lowest BCUT2D eigenvalue weighted by Gasteiger charge is -2.07. The summed E-state index contributed by atoms with van der Waals surface area (Å²) in [5.74, 6) is -1.65. The maximum atomic E-state index is 11.0. The van der Waals surface area contributed by atoms with Crippen molar-refractivity contribution in [3.05, 3.63) is 71.5 Å². The van der Waals surface area contributed by atoms with Gasteiger partial charge in [-0.15, -0.1) is 0 Å². The van der Waals surface area contributed by atoms with E-state index in [-0.39, 0.29) is 0 Å². The van der Waals surface area contributed by atoms with Crippen molar-refractivity contribution in [2.75, 3.05) is 20.6 Å². The Morgan fingerprint density at radius 3 is 2.41 bits per heavy atom. The van der Waals surface area contributed by atoms with Gasteiger partial charge in [0.2, 0.25) is 0 Å². The molecule has 1 N–H and O–H groups in total. The Morgan fingerprint density at radius 2 is 1.85 bits per heavy atom. The predicted octanol–water partition coefficient (Wildman–Crippen LogP) is 3.46. The van der Waals surface area contributed by atoms with E-state index >= 15 is 0 Å². The number of aryl methyl sites for hydroxylation is 1. The molecule has 7 heteroatoms. The molecule has 2 rings (SSSR count). The van der Waals surface area contributed by atoms with Crippen LogP contribution in [0.3, 0.4) is 0 Å². The van der Waals surface area contributed by atoms with Crippen molar-refractivity contribution in [2.24, 2.45) is 0 Å². The van der Waals surface area contributed by atoms with Gasteiger partial charge in [0.15, 0.2) is 0 Å². The van der Waals surface area contributed by atoms with Crippen molar-refractivity contribution in [2.45, 2.75) is 12.8 Å². The van der Waals surface area contributed by atoms with Crippen LogP contribution < -0.4 is 4.74 Å². The smallest absolute Gasteiger partial charge is 0.336 e. The van der Waals surface area contributed by atoms with Crippen LogP contribution in [-0.4, -0.2) is 47.6 Å². The van der Waals surface area contributed by atoms with E-state index < -0.39 is 11.9 Å². The molecule has 0 saturated heterocycles. The zero-order valence-electron chi connectivity index (χ0n) is 15.3. The molecule has 0 bridgehead atoms. The molecular formula is C20H23ClN2O4. The SMILES string of the molecule is CN(C)CCCc1ccccn1.O=C(O)/C=C/C(=O)Oc1ccc(Cl)cc1. The first-order valence-electron chi connectivity index (χ1n) is 8.30. The van der Waals surface area contributed by atoms with E-state index in [0.29, 0.717) is 16.8 Å². The molecule has 2 aromatic rings. The van der Waals surface area contributed by atoms with Gasteiger partial charge in [-0.05, 0) is 69.9 Å². The van der Waals surface area contributed by atoms with E-state index in [4.69, 9.17) is 21.4 Å². The van der Waals surface area contributed by atoms with E-state index in [1.807, 2.05) is 18.3 Å². The Kier molecular flexibility index (Phi) is 10.4. The number of aromatic nitrogens is 1. The third kappa shape index (κ3) is 11.5.